The zero-order chi connectivity index (χ0) is 22.8. The third kappa shape index (κ3) is 4.12. The van der Waals surface area contributed by atoms with Crippen LogP contribution in [-0.4, -0.2) is 23.8 Å². The van der Waals surface area contributed by atoms with Crippen LogP contribution in [0.25, 0.3) is 11.0 Å². The van der Waals surface area contributed by atoms with Gasteiger partial charge in [0.2, 0.25) is 0 Å². The average Bonchev–Trinajstić information content (AvgIpc) is 3.14. The van der Waals surface area contributed by atoms with E-state index in [0.717, 1.165) is 5.56 Å². The minimum absolute atomic E-state index is 0.188. The van der Waals surface area contributed by atoms with Gasteiger partial charge in [-0.1, -0.05) is 30.3 Å². The average molecular weight is 430 g/mol. The van der Waals surface area contributed by atoms with E-state index in [-0.39, 0.29) is 29.4 Å². The molecule has 0 aliphatic rings. The first-order valence-electron chi connectivity index (χ1n) is 10.3. The number of hydrogen-bond acceptors (Lipinski definition) is 3. The van der Waals surface area contributed by atoms with Crippen LogP contribution in [0.1, 0.15) is 45.0 Å². The summed E-state index contributed by atoms with van der Waals surface area (Å²) < 4.78 is 19.3. The topological polar surface area (TPSA) is 62.6 Å². The number of halogens is 1. The van der Waals surface area contributed by atoms with Crippen LogP contribution >= 0.6 is 0 Å². The Balaban J connectivity index is 1.54. The number of carbonyl (C=O) groups is 2. The van der Waals surface area contributed by atoms with Gasteiger partial charge in [0.1, 0.15) is 11.4 Å². The number of hydrogen-bond donors (Lipinski definition) is 1. The minimum atomic E-state index is -0.378. The van der Waals surface area contributed by atoms with E-state index in [1.807, 2.05) is 43.3 Å². The van der Waals surface area contributed by atoms with E-state index >= 15 is 0 Å². The Bertz CT molecular complexity index is 1300. The molecule has 162 valence electrons. The highest BCUT2D eigenvalue weighted by atomic mass is 19.1. The number of nitrogens with zero attached hydrogens (tertiary/aromatic N) is 1. The first kappa shape index (κ1) is 21.3. The van der Waals surface area contributed by atoms with Crippen molar-refractivity contribution < 1.29 is 18.4 Å². The van der Waals surface area contributed by atoms with Crippen molar-refractivity contribution in [2.24, 2.45) is 0 Å². The fraction of sp³-hybridized carbons (Fsp3) is 0.154. The van der Waals surface area contributed by atoms with E-state index < -0.39 is 0 Å². The maximum absolute atomic E-state index is 13.6. The molecule has 0 radical (unpaired) electrons. The number of rotatable bonds is 5. The predicted octanol–water partition coefficient (Wildman–Crippen LogP) is 5.97. The first-order chi connectivity index (χ1) is 15.3. The zero-order valence-corrected chi connectivity index (χ0v) is 18.1. The highest BCUT2D eigenvalue weighted by Gasteiger charge is 2.25. The molecule has 4 aromatic rings. The molecule has 1 unspecified atom stereocenters. The van der Waals surface area contributed by atoms with Crippen LogP contribution in [0.15, 0.2) is 77.2 Å². The summed E-state index contributed by atoms with van der Waals surface area (Å²) in [7, 11) is 1.69. The van der Waals surface area contributed by atoms with Crippen molar-refractivity contribution in [3.8, 4) is 0 Å². The Hall–Kier alpha value is -3.93. The van der Waals surface area contributed by atoms with E-state index in [1.165, 1.54) is 18.2 Å². The van der Waals surface area contributed by atoms with E-state index in [9.17, 15) is 14.0 Å². The number of furan rings is 1. The number of nitrogens with one attached hydrogen (secondary N) is 1. The molecule has 0 aliphatic heterocycles. The number of anilines is 1. The smallest absolute Gasteiger partial charge is 0.290 e. The molecule has 3 aromatic carbocycles. The largest absolute Gasteiger partial charge is 0.451 e. The van der Waals surface area contributed by atoms with Crippen molar-refractivity contribution in [3.63, 3.8) is 0 Å². The molecular formula is C26H23FN2O3. The van der Waals surface area contributed by atoms with Crippen LogP contribution in [0.2, 0.25) is 0 Å². The van der Waals surface area contributed by atoms with Crippen LogP contribution in [0, 0.1) is 12.7 Å². The second-order valence-electron chi connectivity index (χ2n) is 7.73. The van der Waals surface area contributed by atoms with Gasteiger partial charge in [0, 0.05) is 29.2 Å². The van der Waals surface area contributed by atoms with Crippen LogP contribution in [0.5, 0.6) is 0 Å². The lowest BCUT2D eigenvalue weighted by Gasteiger charge is -2.25. The third-order valence-electron chi connectivity index (χ3n) is 5.66. The molecule has 4 rings (SSSR count). The molecule has 0 fully saturated rings. The Labute approximate surface area is 185 Å². The molecule has 32 heavy (non-hydrogen) atoms. The summed E-state index contributed by atoms with van der Waals surface area (Å²) in [5.74, 6) is -0.694. The Morgan fingerprint density at radius 2 is 1.75 bits per heavy atom. The van der Waals surface area contributed by atoms with Crippen molar-refractivity contribution in [2.45, 2.75) is 19.9 Å². The van der Waals surface area contributed by atoms with Crippen molar-refractivity contribution in [1.82, 2.24) is 4.90 Å². The predicted molar refractivity (Wildman–Crippen MR) is 122 cm³/mol. The van der Waals surface area contributed by atoms with Crippen molar-refractivity contribution in [2.75, 3.05) is 12.4 Å². The van der Waals surface area contributed by atoms with Crippen LogP contribution in [0.4, 0.5) is 10.1 Å². The van der Waals surface area contributed by atoms with Gasteiger partial charge in [-0.2, -0.15) is 0 Å². The van der Waals surface area contributed by atoms with Crippen molar-refractivity contribution in [1.29, 1.82) is 0 Å². The molecule has 0 spiro atoms. The maximum Gasteiger partial charge on any atom is 0.290 e. The molecular weight excluding hydrogens is 407 g/mol. The summed E-state index contributed by atoms with van der Waals surface area (Å²) in [5.41, 5.74) is 3.13. The number of amides is 2. The molecule has 6 heteroatoms. The standard InChI is InChI=1S/C26H23FN2O3/c1-16-22-15-20(27)12-13-23(22)32-24(16)26(31)29(3)17(2)19-10-7-11-21(14-19)28-25(30)18-8-5-4-6-9-18/h4-15,17H,1-3H3,(H,28,30). The second kappa shape index (κ2) is 8.67. The summed E-state index contributed by atoms with van der Waals surface area (Å²) in [6, 6.07) is 20.2. The molecule has 0 saturated heterocycles. The van der Waals surface area contributed by atoms with Gasteiger partial charge in [0.15, 0.2) is 5.76 Å². The first-order valence-corrected chi connectivity index (χ1v) is 10.3. The van der Waals surface area contributed by atoms with Crippen LogP contribution in [-0.2, 0) is 0 Å². The second-order valence-corrected chi connectivity index (χ2v) is 7.73. The number of carbonyl (C=O) groups excluding carboxylic acids is 2. The van der Waals surface area contributed by atoms with Gasteiger partial charge in [0.05, 0.1) is 6.04 Å². The molecule has 1 atom stereocenters. The van der Waals surface area contributed by atoms with Crippen molar-refractivity contribution in [3.05, 3.63) is 101 Å². The molecule has 2 amide bonds. The molecule has 5 nitrogen and oxygen atoms in total. The van der Waals surface area contributed by atoms with Crippen LogP contribution in [0.3, 0.4) is 0 Å². The summed E-state index contributed by atoms with van der Waals surface area (Å²) in [6.07, 6.45) is 0. The van der Waals surface area contributed by atoms with Gasteiger partial charge in [-0.05, 0) is 61.9 Å². The quantitative estimate of drug-likeness (QED) is 0.425. The minimum Gasteiger partial charge on any atom is -0.451 e. The molecule has 1 heterocycles. The molecule has 1 N–H and O–H groups in total. The molecule has 0 aliphatic carbocycles. The number of aryl methyl sites for hydroxylation is 1. The fourth-order valence-corrected chi connectivity index (χ4v) is 3.63. The maximum atomic E-state index is 13.6. The van der Waals surface area contributed by atoms with E-state index in [0.29, 0.717) is 27.8 Å². The molecule has 0 saturated carbocycles. The highest BCUT2D eigenvalue weighted by molar-refractivity contribution is 6.04. The van der Waals surface area contributed by atoms with Gasteiger partial charge in [0.25, 0.3) is 11.8 Å². The monoisotopic (exact) mass is 430 g/mol. The summed E-state index contributed by atoms with van der Waals surface area (Å²) in [4.78, 5) is 27.2. The van der Waals surface area contributed by atoms with Crippen LogP contribution < -0.4 is 5.32 Å². The Morgan fingerprint density at radius 3 is 2.50 bits per heavy atom. The van der Waals surface area contributed by atoms with Crippen molar-refractivity contribution >= 4 is 28.5 Å². The molecule has 0 bridgehead atoms. The summed E-state index contributed by atoms with van der Waals surface area (Å²) >= 11 is 0. The van der Waals surface area contributed by atoms with E-state index in [2.05, 4.69) is 5.32 Å². The van der Waals surface area contributed by atoms with Gasteiger partial charge in [-0.3, -0.25) is 9.59 Å². The SMILES string of the molecule is Cc1c(C(=O)N(C)C(C)c2cccc(NC(=O)c3ccccc3)c2)oc2ccc(F)cc12. The lowest BCUT2D eigenvalue weighted by atomic mass is 10.1. The lowest BCUT2D eigenvalue weighted by Crippen LogP contribution is -2.29. The fourth-order valence-electron chi connectivity index (χ4n) is 3.63. The number of fused-ring (bicyclic) bond motifs is 1. The Morgan fingerprint density at radius 1 is 1.00 bits per heavy atom. The molecule has 1 aromatic heterocycles. The Kier molecular flexibility index (Phi) is 5.77. The highest BCUT2D eigenvalue weighted by Crippen LogP contribution is 2.29. The zero-order valence-electron chi connectivity index (χ0n) is 18.1. The lowest BCUT2D eigenvalue weighted by molar-refractivity contribution is 0.0711. The summed E-state index contributed by atoms with van der Waals surface area (Å²) in [6.45, 7) is 3.64. The summed E-state index contributed by atoms with van der Waals surface area (Å²) in [5, 5.41) is 3.47. The van der Waals surface area contributed by atoms with E-state index in [1.54, 1.807) is 37.1 Å². The number of benzene rings is 3. The van der Waals surface area contributed by atoms with Gasteiger partial charge in [-0.15, -0.1) is 0 Å². The van der Waals surface area contributed by atoms with Gasteiger partial charge >= 0.3 is 0 Å². The van der Waals surface area contributed by atoms with E-state index in [4.69, 9.17) is 4.42 Å². The van der Waals surface area contributed by atoms with Gasteiger partial charge in [-0.25, -0.2) is 4.39 Å². The third-order valence-corrected chi connectivity index (χ3v) is 5.66. The normalized spacial score (nSPS) is 11.9. The van der Waals surface area contributed by atoms with Gasteiger partial charge < -0.3 is 14.6 Å².